The van der Waals surface area contributed by atoms with E-state index in [9.17, 15) is 0 Å². The zero-order valence-corrected chi connectivity index (χ0v) is 7.70. The van der Waals surface area contributed by atoms with Crippen molar-refractivity contribution in [1.82, 2.24) is 9.97 Å². The van der Waals surface area contributed by atoms with Crippen molar-refractivity contribution in [3.05, 3.63) is 29.6 Å². The third-order valence-corrected chi connectivity index (χ3v) is 2.07. The van der Waals surface area contributed by atoms with Crippen LogP contribution in [0.4, 0.5) is 5.82 Å². The van der Waals surface area contributed by atoms with Gasteiger partial charge < -0.3 is 5.73 Å². The minimum atomic E-state index is 0.570. The van der Waals surface area contributed by atoms with Gasteiger partial charge in [-0.1, -0.05) is 12.1 Å². The predicted molar refractivity (Wildman–Crippen MR) is 53.4 cm³/mol. The van der Waals surface area contributed by atoms with Crippen LogP contribution in [0.25, 0.3) is 10.9 Å². The molecule has 2 N–H and O–H groups in total. The van der Waals surface area contributed by atoms with Gasteiger partial charge in [0.15, 0.2) is 0 Å². The predicted octanol–water partition coefficient (Wildman–Crippen LogP) is 1.83. The Morgan fingerprint density at radius 2 is 1.92 bits per heavy atom. The summed E-state index contributed by atoms with van der Waals surface area (Å²) in [5, 5.41) is 0.966. The highest BCUT2D eigenvalue weighted by atomic mass is 14.9. The van der Waals surface area contributed by atoms with Crippen molar-refractivity contribution < 1.29 is 0 Å². The van der Waals surface area contributed by atoms with Crippen LogP contribution in [0.3, 0.4) is 0 Å². The Labute approximate surface area is 76.6 Å². The van der Waals surface area contributed by atoms with Crippen LogP contribution in [0.5, 0.6) is 0 Å². The molecular weight excluding hydrogens is 162 g/mol. The molecule has 66 valence electrons. The van der Waals surface area contributed by atoms with E-state index in [1.807, 2.05) is 32.0 Å². The molecule has 0 saturated carbocycles. The van der Waals surface area contributed by atoms with Gasteiger partial charge in [0.2, 0.25) is 0 Å². The molecule has 3 nitrogen and oxygen atoms in total. The van der Waals surface area contributed by atoms with Gasteiger partial charge in [0.1, 0.15) is 11.6 Å². The van der Waals surface area contributed by atoms with Gasteiger partial charge in [0, 0.05) is 5.39 Å². The molecule has 2 aromatic rings. The van der Waals surface area contributed by atoms with Gasteiger partial charge in [0.05, 0.1) is 5.52 Å². The number of aromatic nitrogens is 2. The first-order valence-corrected chi connectivity index (χ1v) is 4.18. The molecule has 2 rings (SSSR count). The molecule has 0 saturated heterocycles. The number of hydrogen-bond donors (Lipinski definition) is 1. The second-order valence-corrected chi connectivity index (χ2v) is 3.13. The van der Waals surface area contributed by atoms with Crippen LogP contribution in [0, 0.1) is 13.8 Å². The average Bonchev–Trinajstić information content (AvgIpc) is 2.02. The summed E-state index contributed by atoms with van der Waals surface area (Å²) in [6.07, 6.45) is 0. The van der Waals surface area contributed by atoms with Crippen LogP contribution in [0.15, 0.2) is 18.2 Å². The monoisotopic (exact) mass is 173 g/mol. The molecular formula is C10H11N3. The Hall–Kier alpha value is -1.64. The van der Waals surface area contributed by atoms with Gasteiger partial charge in [-0.3, -0.25) is 0 Å². The largest absolute Gasteiger partial charge is 0.383 e. The van der Waals surface area contributed by atoms with Gasteiger partial charge in [-0.05, 0) is 25.5 Å². The van der Waals surface area contributed by atoms with Crippen LogP contribution in [-0.2, 0) is 0 Å². The van der Waals surface area contributed by atoms with Crippen molar-refractivity contribution in [2.24, 2.45) is 0 Å². The maximum atomic E-state index is 5.81. The topological polar surface area (TPSA) is 51.8 Å². The fraction of sp³-hybridized carbons (Fsp3) is 0.200. The Bertz CT molecular complexity index is 463. The van der Waals surface area contributed by atoms with Crippen molar-refractivity contribution in [3.63, 3.8) is 0 Å². The van der Waals surface area contributed by atoms with E-state index in [4.69, 9.17) is 5.73 Å². The molecule has 1 aromatic heterocycles. The number of nitrogen functional groups attached to an aromatic ring is 1. The number of rotatable bonds is 0. The summed E-state index contributed by atoms with van der Waals surface area (Å²) in [5.41, 5.74) is 7.85. The molecule has 0 aliphatic carbocycles. The van der Waals surface area contributed by atoms with Crippen molar-refractivity contribution in [2.45, 2.75) is 13.8 Å². The molecule has 1 aromatic carbocycles. The van der Waals surface area contributed by atoms with E-state index < -0.39 is 0 Å². The summed E-state index contributed by atoms with van der Waals surface area (Å²) in [5.74, 6) is 1.29. The lowest BCUT2D eigenvalue weighted by molar-refractivity contribution is 1.10. The van der Waals surface area contributed by atoms with Crippen molar-refractivity contribution in [3.8, 4) is 0 Å². The molecule has 0 radical (unpaired) electrons. The smallest absolute Gasteiger partial charge is 0.135 e. The number of nitrogens with two attached hydrogens (primary N) is 1. The summed E-state index contributed by atoms with van der Waals surface area (Å²) in [7, 11) is 0. The maximum Gasteiger partial charge on any atom is 0.135 e. The van der Waals surface area contributed by atoms with Gasteiger partial charge in [-0.2, -0.15) is 0 Å². The summed E-state index contributed by atoms with van der Waals surface area (Å²) < 4.78 is 0. The van der Waals surface area contributed by atoms with E-state index in [0.29, 0.717) is 5.82 Å². The Morgan fingerprint density at radius 1 is 1.15 bits per heavy atom. The number of aryl methyl sites for hydroxylation is 2. The van der Waals surface area contributed by atoms with Gasteiger partial charge in [-0.15, -0.1) is 0 Å². The number of nitrogens with zero attached hydrogens (tertiary/aromatic N) is 2. The summed E-state index contributed by atoms with van der Waals surface area (Å²) in [4.78, 5) is 8.44. The molecule has 0 atom stereocenters. The van der Waals surface area contributed by atoms with Crippen LogP contribution >= 0.6 is 0 Å². The number of anilines is 1. The lowest BCUT2D eigenvalue weighted by Crippen LogP contribution is -1.98. The molecule has 1 heterocycles. The van der Waals surface area contributed by atoms with Crippen molar-refractivity contribution in [2.75, 3.05) is 5.73 Å². The summed E-state index contributed by atoms with van der Waals surface area (Å²) >= 11 is 0. The molecule has 0 spiro atoms. The molecule has 0 bridgehead atoms. The van der Waals surface area contributed by atoms with E-state index in [-0.39, 0.29) is 0 Å². The molecule has 13 heavy (non-hydrogen) atoms. The van der Waals surface area contributed by atoms with Gasteiger partial charge in [-0.25, -0.2) is 9.97 Å². The minimum absolute atomic E-state index is 0.570. The third kappa shape index (κ3) is 1.22. The zero-order valence-electron chi connectivity index (χ0n) is 7.70. The van der Waals surface area contributed by atoms with Crippen LogP contribution in [0.1, 0.15) is 11.4 Å². The lowest BCUT2D eigenvalue weighted by Gasteiger charge is -2.04. The van der Waals surface area contributed by atoms with Gasteiger partial charge in [0.25, 0.3) is 0 Å². The Balaban J connectivity index is 2.94. The van der Waals surface area contributed by atoms with Crippen LogP contribution < -0.4 is 5.73 Å². The van der Waals surface area contributed by atoms with E-state index in [1.165, 1.54) is 0 Å². The first-order valence-electron chi connectivity index (χ1n) is 4.18. The lowest BCUT2D eigenvalue weighted by atomic mass is 10.1. The fourth-order valence-corrected chi connectivity index (χ4v) is 1.51. The highest BCUT2D eigenvalue weighted by Crippen LogP contribution is 2.20. The van der Waals surface area contributed by atoms with Crippen molar-refractivity contribution in [1.29, 1.82) is 0 Å². The molecule has 0 unspecified atom stereocenters. The molecule has 3 heteroatoms. The second kappa shape index (κ2) is 2.69. The highest BCUT2D eigenvalue weighted by Gasteiger charge is 2.03. The number of fused-ring (bicyclic) bond motifs is 1. The Kier molecular flexibility index (Phi) is 1.65. The third-order valence-electron chi connectivity index (χ3n) is 2.07. The Morgan fingerprint density at radius 3 is 2.69 bits per heavy atom. The number of benzene rings is 1. The normalized spacial score (nSPS) is 10.6. The summed E-state index contributed by atoms with van der Waals surface area (Å²) in [6.45, 7) is 3.86. The van der Waals surface area contributed by atoms with E-state index in [0.717, 1.165) is 22.3 Å². The molecule has 0 fully saturated rings. The van der Waals surface area contributed by atoms with Crippen LogP contribution in [-0.4, -0.2) is 9.97 Å². The SMILES string of the molecule is Cc1nc(N)c2c(C)cccc2n1. The van der Waals surface area contributed by atoms with Crippen molar-refractivity contribution >= 4 is 16.7 Å². The second-order valence-electron chi connectivity index (χ2n) is 3.13. The number of hydrogen-bond acceptors (Lipinski definition) is 3. The zero-order chi connectivity index (χ0) is 9.42. The quantitative estimate of drug-likeness (QED) is 0.661. The molecule has 0 amide bonds. The van der Waals surface area contributed by atoms with E-state index >= 15 is 0 Å². The highest BCUT2D eigenvalue weighted by molar-refractivity contribution is 5.90. The summed E-state index contributed by atoms with van der Waals surface area (Å²) in [6, 6.07) is 5.94. The van der Waals surface area contributed by atoms with E-state index in [2.05, 4.69) is 9.97 Å². The standard InChI is InChI=1S/C10H11N3/c1-6-4-3-5-8-9(6)10(11)13-7(2)12-8/h3-5H,1-2H3,(H2,11,12,13). The van der Waals surface area contributed by atoms with E-state index in [1.54, 1.807) is 0 Å². The molecule has 0 aliphatic heterocycles. The first kappa shape index (κ1) is 7.98. The first-order chi connectivity index (χ1) is 6.18. The fourth-order valence-electron chi connectivity index (χ4n) is 1.51. The average molecular weight is 173 g/mol. The van der Waals surface area contributed by atoms with Gasteiger partial charge >= 0.3 is 0 Å². The van der Waals surface area contributed by atoms with Crippen LogP contribution in [0.2, 0.25) is 0 Å². The minimum Gasteiger partial charge on any atom is -0.383 e. The maximum absolute atomic E-state index is 5.81. The molecule has 0 aliphatic rings.